The molecule has 0 saturated heterocycles. The van der Waals surface area contributed by atoms with E-state index in [4.69, 9.17) is 27.6 Å². The summed E-state index contributed by atoms with van der Waals surface area (Å²) in [6, 6.07) is 12.0. The number of hydrogen-bond acceptors (Lipinski definition) is 3. The lowest BCUT2D eigenvalue weighted by Gasteiger charge is -2.06. The highest BCUT2D eigenvalue weighted by Crippen LogP contribution is 2.24. The summed E-state index contributed by atoms with van der Waals surface area (Å²) in [6.07, 6.45) is 0. The van der Waals surface area contributed by atoms with Gasteiger partial charge < -0.3 is 4.42 Å². The Morgan fingerprint density at radius 2 is 1.76 bits per heavy atom. The first kappa shape index (κ1) is 13.9. The van der Waals surface area contributed by atoms with Gasteiger partial charge in [0.25, 0.3) is 5.56 Å². The van der Waals surface area contributed by atoms with E-state index in [1.807, 2.05) is 30.3 Å². The zero-order valence-electron chi connectivity index (χ0n) is 10.7. The highest BCUT2D eigenvalue weighted by atomic mass is 35.5. The van der Waals surface area contributed by atoms with Gasteiger partial charge in [-0.05, 0) is 17.7 Å². The summed E-state index contributed by atoms with van der Waals surface area (Å²) in [5, 5.41) is 0.631. The molecule has 4 nitrogen and oxygen atoms in total. The van der Waals surface area contributed by atoms with Crippen LogP contribution in [-0.2, 0) is 6.54 Å². The van der Waals surface area contributed by atoms with Crippen molar-refractivity contribution in [1.82, 2.24) is 4.57 Å². The van der Waals surface area contributed by atoms with Crippen molar-refractivity contribution in [3.63, 3.8) is 0 Å². The maximum Gasteiger partial charge on any atom is 0.422 e. The normalized spacial score (nSPS) is 11.0. The van der Waals surface area contributed by atoms with E-state index in [9.17, 15) is 9.59 Å². The summed E-state index contributed by atoms with van der Waals surface area (Å²) in [7, 11) is 0. The summed E-state index contributed by atoms with van der Waals surface area (Å²) >= 11 is 11.8. The van der Waals surface area contributed by atoms with Crippen LogP contribution in [0.25, 0.3) is 11.0 Å². The quantitative estimate of drug-likeness (QED) is 0.727. The molecule has 0 amide bonds. The number of nitrogens with zero attached hydrogens (tertiary/aromatic N) is 1. The van der Waals surface area contributed by atoms with Gasteiger partial charge in [0.05, 0.1) is 17.0 Å². The molecule has 0 atom stereocenters. The maximum absolute atomic E-state index is 12.4. The zero-order valence-corrected chi connectivity index (χ0v) is 12.2. The molecule has 0 aliphatic heterocycles. The van der Waals surface area contributed by atoms with Gasteiger partial charge in [0.1, 0.15) is 0 Å². The maximum atomic E-state index is 12.4. The summed E-state index contributed by atoms with van der Waals surface area (Å²) < 4.78 is 6.17. The third-order valence-corrected chi connectivity index (χ3v) is 3.58. The van der Waals surface area contributed by atoms with Gasteiger partial charge in [-0.15, -0.1) is 0 Å². The lowest BCUT2D eigenvalue weighted by Crippen LogP contribution is -2.32. The third-order valence-electron chi connectivity index (χ3n) is 3.08. The standard InChI is InChI=1S/C15H9Cl2NO3/c16-10-6-11-13(12(17)7-10)21-15(20)18(14(11)19)8-9-4-2-1-3-5-9/h1-7H,8H2. The minimum absolute atomic E-state index is 0.0559. The number of rotatable bonds is 2. The Labute approximate surface area is 129 Å². The van der Waals surface area contributed by atoms with Crippen LogP contribution in [0.3, 0.4) is 0 Å². The molecular weight excluding hydrogens is 313 g/mol. The van der Waals surface area contributed by atoms with Crippen molar-refractivity contribution in [3.8, 4) is 0 Å². The van der Waals surface area contributed by atoms with Crippen LogP contribution in [0.2, 0.25) is 10.0 Å². The summed E-state index contributed by atoms with van der Waals surface area (Å²) in [6.45, 7) is 0.127. The van der Waals surface area contributed by atoms with Crippen LogP contribution in [0.5, 0.6) is 0 Å². The first-order valence-corrected chi connectivity index (χ1v) is 6.88. The van der Waals surface area contributed by atoms with E-state index in [-0.39, 0.29) is 22.5 Å². The molecule has 3 aromatic rings. The van der Waals surface area contributed by atoms with Crippen molar-refractivity contribution in [1.29, 1.82) is 0 Å². The van der Waals surface area contributed by atoms with Gasteiger partial charge in [-0.25, -0.2) is 9.36 Å². The average Bonchev–Trinajstić information content (AvgIpc) is 2.46. The second-order valence-corrected chi connectivity index (χ2v) is 5.35. The van der Waals surface area contributed by atoms with Crippen molar-refractivity contribution in [2.24, 2.45) is 0 Å². The fraction of sp³-hybridized carbons (Fsp3) is 0.0667. The summed E-state index contributed by atoms with van der Waals surface area (Å²) in [4.78, 5) is 24.4. The van der Waals surface area contributed by atoms with Crippen molar-refractivity contribution in [2.75, 3.05) is 0 Å². The van der Waals surface area contributed by atoms with Crippen molar-refractivity contribution >= 4 is 34.2 Å². The number of halogens is 2. The lowest BCUT2D eigenvalue weighted by molar-refractivity contribution is 0.471. The molecule has 0 spiro atoms. The first-order chi connectivity index (χ1) is 10.1. The molecule has 106 valence electrons. The van der Waals surface area contributed by atoms with E-state index in [1.54, 1.807) is 0 Å². The fourth-order valence-electron chi connectivity index (χ4n) is 2.10. The molecule has 0 saturated carbocycles. The molecule has 0 aliphatic carbocycles. The van der Waals surface area contributed by atoms with Crippen molar-refractivity contribution < 1.29 is 4.42 Å². The highest BCUT2D eigenvalue weighted by molar-refractivity contribution is 6.38. The topological polar surface area (TPSA) is 52.2 Å². The highest BCUT2D eigenvalue weighted by Gasteiger charge is 2.13. The molecule has 0 N–H and O–H groups in total. The van der Waals surface area contributed by atoms with Gasteiger partial charge in [-0.1, -0.05) is 53.5 Å². The second-order valence-electron chi connectivity index (χ2n) is 4.51. The van der Waals surface area contributed by atoms with Gasteiger partial charge in [0.15, 0.2) is 5.58 Å². The average molecular weight is 322 g/mol. The van der Waals surface area contributed by atoms with Crippen molar-refractivity contribution in [3.05, 3.63) is 79.0 Å². The van der Waals surface area contributed by atoms with Crippen LogP contribution in [0, 0.1) is 0 Å². The minimum Gasteiger partial charge on any atom is -0.407 e. The van der Waals surface area contributed by atoms with E-state index in [2.05, 4.69) is 0 Å². The Morgan fingerprint density at radius 1 is 1.05 bits per heavy atom. The van der Waals surface area contributed by atoms with E-state index >= 15 is 0 Å². The minimum atomic E-state index is -0.749. The van der Waals surface area contributed by atoms with Gasteiger partial charge >= 0.3 is 5.76 Å². The molecule has 0 bridgehead atoms. The fourth-order valence-corrected chi connectivity index (χ4v) is 2.63. The van der Waals surface area contributed by atoms with E-state index in [1.165, 1.54) is 12.1 Å². The monoisotopic (exact) mass is 321 g/mol. The molecule has 1 aromatic heterocycles. The molecule has 3 rings (SSSR count). The number of hydrogen-bond donors (Lipinski definition) is 0. The van der Waals surface area contributed by atoms with Crippen LogP contribution in [0.1, 0.15) is 5.56 Å². The molecule has 21 heavy (non-hydrogen) atoms. The van der Waals surface area contributed by atoms with Crippen LogP contribution < -0.4 is 11.3 Å². The van der Waals surface area contributed by atoms with E-state index in [0.29, 0.717) is 5.02 Å². The molecule has 0 fully saturated rings. The Kier molecular flexibility index (Phi) is 3.57. The van der Waals surface area contributed by atoms with Gasteiger partial charge in [0, 0.05) is 5.02 Å². The first-order valence-electron chi connectivity index (χ1n) is 6.13. The Morgan fingerprint density at radius 3 is 2.48 bits per heavy atom. The summed E-state index contributed by atoms with van der Waals surface area (Å²) in [5.41, 5.74) is 0.397. The van der Waals surface area contributed by atoms with Gasteiger partial charge in [-0.3, -0.25) is 4.79 Å². The Hall–Kier alpha value is -2.04. The smallest absolute Gasteiger partial charge is 0.407 e. The molecule has 1 heterocycles. The molecule has 0 unspecified atom stereocenters. The number of benzene rings is 2. The Bertz CT molecular complexity index is 929. The predicted molar refractivity (Wildman–Crippen MR) is 82.3 cm³/mol. The second kappa shape index (κ2) is 5.39. The molecule has 6 heteroatoms. The molecule has 0 radical (unpaired) electrons. The summed E-state index contributed by atoms with van der Waals surface area (Å²) in [5.74, 6) is -0.749. The van der Waals surface area contributed by atoms with Crippen LogP contribution >= 0.6 is 23.2 Å². The van der Waals surface area contributed by atoms with E-state index < -0.39 is 11.3 Å². The number of fused-ring (bicyclic) bond motifs is 1. The van der Waals surface area contributed by atoms with Crippen LogP contribution in [0.4, 0.5) is 0 Å². The molecular formula is C15H9Cl2NO3. The van der Waals surface area contributed by atoms with E-state index in [0.717, 1.165) is 10.1 Å². The van der Waals surface area contributed by atoms with Gasteiger partial charge in [-0.2, -0.15) is 0 Å². The van der Waals surface area contributed by atoms with Crippen molar-refractivity contribution in [2.45, 2.75) is 6.54 Å². The molecule has 0 aliphatic rings. The SMILES string of the molecule is O=c1oc2c(Cl)cc(Cl)cc2c(=O)n1Cc1ccccc1. The third kappa shape index (κ3) is 2.60. The Balaban J connectivity index is 2.25. The molecule has 2 aromatic carbocycles. The predicted octanol–water partition coefficient (Wildman–Crippen LogP) is 3.31. The number of aromatic nitrogens is 1. The van der Waals surface area contributed by atoms with Crippen LogP contribution in [0.15, 0.2) is 56.5 Å². The largest absolute Gasteiger partial charge is 0.422 e. The van der Waals surface area contributed by atoms with Gasteiger partial charge in [0.2, 0.25) is 0 Å². The lowest BCUT2D eigenvalue weighted by atomic mass is 10.2. The van der Waals surface area contributed by atoms with Crippen LogP contribution in [-0.4, -0.2) is 4.57 Å². The zero-order chi connectivity index (χ0) is 15.0.